The van der Waals surface area contributed by atoms with Gasteiger partial charge < -0.3 is 4.74 Å². The average molecular weight is 337 g/mol. The molecule has 126 valence electrons. The summed E-state index contributed by atoms with van der Waals surface area (Å²) in [5.41, 5.74) is 3.34. The van der Waals surface area contributed by atoms with Crippen LogP contribution in [0.15, 0.2) is 36.4 Å². The molecule has 0 saturated carbocycles. The quantitative estimate of drug-likeness (QED) is 0.688. The topological polar surface area (TPSA) is 54.5 Å². The molecule has 0 saturated heterocycles. The number of ether oxygens (including phenoxy) is 1. The first-order valence-corrected chi connectivity index (χ1v) is 7.11. The minimum Gasteiger partial charge on any atom is -0.437 e. The van der Waals surface area contributed by atoms with Crippen molar-refractivity contribution in [2.24, 2.45) is 0 Å². The van der Waals surface area contributed by atoms with Crippen LogP contribution in [0.5, 0.6) is 0 Å². The highest BCUT2D eigenvalue weighted by molar-refractivity contribution is 5.93. The Morgan fingerprint density at radius 2 is 1.96 bits per heavy atom. The molecule has 3 rings (SSSR count). The molecule has 0 unspecified atom stereocenters. The molecule has 0 bridgehead atoms. The first-order chi connectivity index (χ1) is 11.3. The number of nitrogens with zero attached hydrogens (tertiary/aromatic N) is 2. The van der Waals surface area contributed by atoms with Gasteiger partial charge in [-0.15, -0.1) is 0 Å². The number of rotatable bonds is 3. The lowest BCUT2D eigenvalue weighted by Gasteiger charge is -2.24. The second-order valence-electron chi connectivity index (χ2n) is 5.41. The number of cyclic esters (lactones) is 1. The first kappa shape index (κ1) is 16.3. The molecule has 1 atom stereocenters. The van der Waals surface area contributed by atoms with Gasteiger partial charge in [0.05, 0.1) is 11.1 Å². The highest BCUT2D eigenvalue weighted by Gasteiger charge is 2.33. The predicted molar refractivity (Wildman–Crippen MR) is 80.1 cm³/mol. The van der Waals surface area contributed by atoms with Crippen molar-refractivity contribution < 1.29 is 22.7 Å². The molecule has 0 spiro atoms. The molecule has 0 radical (unpaired) electrons. The van der Waals surface area contributed by atoms with Crippen molar-refractivity contribution in [2.75, 3.05) is 12.1 Å². The van der Waals surface area contributed by atoms with E-state index in [1.165, 1.54) is 19.0 Å². The predicted octanol–water partition coefficient (Wildman–Crippen LogP) is 3.22. The van der Waals surface area contributed by atoms with Gasteiger partial charge in [-0.1, -0.05) is 18.2 Å². The zero-order chi connectivity index (χ0) is 17.5. The number of nitrogens with one attached hydrogen (secondary N) is 1. The Labute approximate surface area is 136 Å². The third-order valence-corrected chi connectivity index (χ3v) is 3.61. The van der Waals surface area contributed by atoms with Gasteiger partial charge in [0.1, 0.15) is 5.82 Å². The van der Waals surface area contributed by atoms with Crippen LogP contribution in [0, 0.1) is 6.92 Å². The molecule has 0 aliphatic carbocycles. The van der Waals surface area contributed by atoms with Gasteiger partial charge in [-0.05, 0) is 25.1 Å². The van der Waals surface area contributed by atoms with Crippen LogP contribution in [-0.2, 0) is 10.9 Å². The summed E-state index contributed by atoms with van der Waals surface area (Å²) in [6.45, 7) is 1.48. The van der Waals surface area contributed by atoms with E-state index in [0.29, 0.717) is 11.1 Å². The molecule has 2 aromatic rings. The van der Waals surface area contributed by atoms with Crippen LogP contribution >= 0.6 is 0 Å². The maximum Gasteiger partial charge on any atom is 0.416 e. The molecule has 1 aliphatic rings. The highest BCUT2D eigenvalue weighted by atomic mass is 19.4. The van der Waals surface area contributed by atoms with Crippen molar-refractivity contribution >= 4 is 11.8 Å². The summed E-state index contributed by atoms with van der Waals surface area (Å²) < 4.78 is 44.0. The third-order valence-electron chi connectivity index (χ3n) is 3.61. The number of anilines is 1. The number of alkyl halides is 3. The zero-order valence-corrected chi connectivity index (χ0v) is 12.9. The van der Waals surface area contributed by atoms with Crippen LogP contribution in [0.4, 0.5) is 19.0 Å². The molecule has 2 heterocycles. The molecule has 0 fully saturated rings. The summed E-state index contributed by atoms with van der Waals surface area (Å²) in [6.07, 6.45) is -5.24. The van der Waals surface area contributed by atoms with Crippen molar-refractivity contribution in [3.05, 3.63) is 58.8 Å². The van der Waals surface area contributed by atoms with E-state index >= 15 is 0 Å². The van der Waals surface area contributed by atoms with E-state index in [1.807, 2.05) is 0 Å². The van der Waals surface area contributed by atoms with Crippen molar-refractivity contribution in [3.8, 4) is 0 Å². The second-order valence-corrected chi connectivity index (χ2v) is 5.41. The lowest BCUT2D eigenvalue weighted by Crippen LogP contribution is -2.38. The molecule has 8 heteroatoms. The van der Waals surface area contributed by atoms with E-state index in [9.17, 15) is 18.0 Å². The minimum absolute atomic E-state index is 0.0720. The Morgan fingerprint density at radius 3 is 2.67 bits per heavy atom. The number of aromatic nitrogens is 1. The van der Waals surface area contributed by atoms with Crippen LogP contribution in [0.25, 0.3) is 0 Å². The number of hydrazine groups is 1. The standard InChI is InChI=1S/C16H14F3N3O2/c1-9-7-10(16(17,18)19)8-13(20-9)22(2)21-14-11-5-3-4-6-12(11)15(23)24-14/h3-8,14,21H,1-2H3/t14-/m0/s1. The van der Waals surface area contributed by atoms with E-state index in [-0.39, 0.29) is 11.5 Å². The van der Waals surface area contributed by atoms with Gasteiger partial charge in [0.2, 0.25) is 0 Å². The van der Waals surface area contributed by atoms with Crippen molar-refractivity contribution in [1.29, 1.82) is 0 Å². The number of benzene rings is 1. The van der Waals surface area contributed by atoms with Crippen molar-refractivity contribution in [2.45, 2.75) is 19.3 Å². The lowest BCUT2D eigenvalue weighted by atomic mass is 10.1. The Balaban J connectivity index is 1.85. The summed E-state index contributed by atoms with van der Waals surface area (Å²) in [4.78, 5) is 15.9. The summed E-state index contributed by atoms with van der Waals surface area (Å²) in [7, 11) is 1.51. The Hall–Kier alpha value is -2.61. The summed E-state index contributed by atoms with van der Waals surface area (Å²) in [6, 6.07) is 8.72. The minimum atomic E-state index is -4.46. The van der Waals surface area contributed by atoms with E-state index in [1.54, 1.807) is 24.3 Å². The van der Waals surface area contributed by atoms with Gasteiger partial charge in [0.25, 0.3) is 0 Å². The molecular formula is C16H14F3N3O2. The van der Waals surface area contributed by atoms with Crippen molar-refractivity contribution in [3.63, 3.8) is 0 Å². The molecule has 1 aromatic carbocycles. The van der Waals surface area contributed by atoms with E-state index in [2.05, 4.69) is 10.4 Å². The SMILES string of the molecule is Cc1cc(C(F)(F)F)cc(N(C)N[C@H]2OC(=O)c3ccccc32)n1. The lowest BCUT2D eigenvalue weighted by molar-refractivity contribution is -0.137. The van der Waals surface area contributed by atoms with E-state index in [0.717, 1.165) is 12.1 Å². The summed E-state index contributed by atoms with van der Waals surface area (Å²) in [5.74, 6) is -0.410. The average Bonchev–Trinajstić information content (AvgIpc) is 2.82. The van der Waals surface area contributed by atoms with Crippen LogP contribution in [-0.4, -0.2) is 18.0 Å². The number of fused-ring (bicyclic) bond motifs is 1. The number of pyridine rings is 1. The number of carbonyl (C=O) groups is 1. The maximum absolute atomic E-state index is 12.9. The van der Waals surface area contributed by atoms with Crippen LogP contribution in [0.2, 0.25) is 0 Å². The number of hydrogen-bond donors (Lipinski definition) is 1. The fourth-order valence-corrected chi connectivity index (χ4v) is 2.47. The zero-order valence-electron chi connectivity index (χ0n) is 12.9. The largest absolute Gasteiger partial charge is 0.437 e. The molecular weight excluding hydrogens is 323 g/mol. The summed E-state index contributed by atoms with van der Waals surface area (Å²) in [5, 5.41) is 1.31. The van der Waals surface area contributed by atoms with Gasteiger partial charge in [-0.3, -0.25) is 5.01 Å². The molecule has 1 aromatic heterocycles. The highest BCUT2D eigenvalue weighted by Crippen LogP contribution is 2.32. The van der Waals surface area contributed by atoms with Gasteiger partial charge >= 0.3 is 12.1 Å². The smallest absolute Gasteiger partial charge is 0.416 e. The van der Waals surface area contributed by atoms with Gasteiger partial charge in [-0.25, -0.2) is 9.78 Å². The Morgan fingerprint density at radius 1 is 1.25 bits per heavy atom. The molecule has 5 nitrogen and oxygen atoms in total. The number of carbonyl (C=O) groups excluding carboxylic acids is 1. The number of hydrogen-bond acceptors (Lipinski definition) is 5. The van der Waals surface area contributed by atoms with E-state index in [4.69, 9.17) is 4.74 Å². The van der Waals surface area contributed by atoms with Crippen LogP contribution in [0.3, 0.4) is 0 Å². The van der Waals surface area contributed by atoms with Crippen LogP contribution < -0.4 is 10.4 Å². The summed E-state index contributed by atoms with van der Waals surface area (Å²) >= 11 is 0. The fraction of sp³-hybridized carbons (Fsp3) is 0.250. The third kappa shape index (κ3) is 3.05. The van der Waals surface area contributed by atoms with Gasteiger partial charge in [-0.2, -0.15) is 18.6 Å². The fourth-order valence-electron chi connectivity index (χ4n) is 2.47. The van der Waals surface area contributed by atoms with Crippen LogP contribution in [0.1, 0.15) is 33.4 Å². The molecule has 24 heavy (non-hydrogen) atoms. The van der Waals surface area contributed by atoms with Gasteiger partial charge in [0, 0.05) is 18.3 Å². The number of halogens is 3. The number of esters is 1. The monoisotopic (exact) mass is 337 g/mol. The van der Waals surface area contributed by atoms with E-state index < -0.39 is 23.9 Å². The molecule has 1 N–H and O–H groups in total. The molecule has 1 aliphatic heterocycles. The first-order valence-electron chi connectivity index (χ1n) is 7.11. The second kappa shape index (κ2) is 5.79. The Bertz CT molecular complexity index is 792. The maximum atomic E-state index is 12.9. The molecule has 0 amide bonds. The number of aryl methyl sites for hydroxylation is 1. The Kier molecular flexibility index (Phi) is 3.92. The van der Waals surface area contributed by atoms with Crippen molar-refractivity contribution in [1.82, 2.24) is 10.4 Å². The van der Waals surface area contributed by atoms with Gasteiger partial charge in [0.15, 0.2) is 6.23 Å². The normalized spacial score (nSPS) is 16.7.